The van der Waals surface area contributed by atoms with E-state index >= 15 is 0 Å². The van der Waals surface area contributed by atoms with Crippen molar-refractivity contribution in [2.45, 2.75) is 17.5 Å². The van der Waals surface area contributed by atoms with Gasteiger partial charge in [-0.1, -0.05) is 42.5 Å². The highest BCUT2D eigenvalue weighted by Crippen LogP contribution is 2.30. The third kappa shape index (κ3) is 6.90. The lowest BCUT2D eigenvalue weighted by Crippen LogP contribution is -2.33. The number of ether oxygens (including phenoxy) is 2. The molecule has 0 atom stereocenters. The number of nitrogens with one attached hydrogen (secondary N) is 1. The van der Waals surface area contributed by atoms with Gasteiger partial charge in [0.15, 0.2) is 0 Å². The van der Waals surface area contributed by atoms with Crippen LogP contribution in [0.2, 0.25) is 0 Å². The van der Waals surface area contributed by atoms with Crippen molar-refractivity contribution in [2.24, 2.45) is 5.10 Å². The van der Waals surface area contributed by atoms with Crippen LogP contribution in [0.3, 0.4) is 0 Å². The summed E-state index contributed by atoms with van der Waals surface area (Å²) < 4.78 is 40.2. The Balaban J connectivity index is 1.39. The summed E-state index contributed by atoms with van der Waals surface area (Å²) in [6.07, 6.45) is 1.79. The maximum absolute atomic E-state index is 13.9. The van der Waals surface area contributed by atoms with Crippen LogP contribution < -0.4 is 19.2 Å². The standard InChI is InChI=1S/C31H29N3O5S2/c1-38-25-15-17-28(18-16-25)41(36,37)34(20-24-7-3-2-4-8-24)30-10-6-5-9-29(30)31(35)33-32-19-23-11-13-26(14-12-23)39-27-21-40-22-27/h2-19,27H,20-22H2,1H3,(H,33,35)/b32-19-. The first-order valence-electron chi connectivity index (χ1n) is 12.9. The first-order valence-corrected chi connectivity index (χ1v) is 15.5. The van der Waals surface area contributed by atoms with Crippen LogP contribution in [-0.4, -0.2) is 45.3 Å². The van der Waals surface area contributed by atoms with E-state index in [1.807, 2.05) is 66.4 Å². The molecule has 0 radical (unpaired) electrons. The largest absolute Gasteiger partial charge is 0.497 e. The van der Waals surface area contributed by atoms with Gasteiger partial charge in [-0.25, -0.2) is 13.8 Å². The molecule has 4 aromatic carbocycles. The van der Waals surface area contributed by atoms with Gasteiger partial charge in [-0.2, -0.15) is 16.9 Å². The monoisotopic (exact) mass is 587 g/mol. The molecule has 1 fully saturated rings. The van der Waals surface area contributed by atoms with Gasteiger partial charge < -0.3 is 9.47 Å². The molecule has 4 aromatic rings. The smallest absolute Gasteiger partial charge is 0.273 e. The molecule has 8 nitrogen and oxygen atoms in total. The molecule has 1 saturated heterocycles. The van der Waals surface area contributed by atoms with Crippen LogP contribution in [0.4, 0.5) is 5.69 Å². The van der Waals surface area contributed by atoms with Crippen LogP contribution in [0, 0.1) is 0 Å². The molecule has 0 bridgehead atoms. The van der Waals surface area contributed by atoms with Gasteiger partial charge in [0.2, 0.25) is 0 Å². The number of anilines is 1. The number of amides is 1. The normalized spacial score (nSPS) is 13.4. The van der Waals surface area contributed by atoms with Gasteiger partial charge in [0.05, 0.1) is 36.0 Å². The Morgan fingerprint density at radius 1 is 0.927 bits per heavy atom. The molecule has 0 spiro atoms. The Bertz CT molecular complexity index is 1610. The van der Waals surface area contributed by atoms with Gasteiger partial charge >= 0.3 is 0 Å². The van der Waals surface area contributed by atoms with Crippen LogP contribution in [0.25, 0.3) is 0 Å². The fourth-order valence-corrected chi connectivity index (χ4v) is 6.18. The van der Waals surface area contributed by atoms with Crippen molar-refractivity contribution in [1.82, 2.24) is 5.43 Å². The van der Waals surface area contributed by atoms with Gasteiger partial charge in [-0.3, -0.25) is 9.10 Å². The zero-order valence-corrected chi connectivity index (χ0v) is 24.0. The lowest BCUT2D eigenvalue weighted by molar-refractivity contribution is 0.0955. The molecule has 1 heterocycles. The highest BCUT2D eigenvalue weighted by atomic mass is 32.2. The second-order valence-corrected chi connectivity index (χ2v) is 12.2. The van der Waals surface area contributed by atoms with E-state index in [0.717, 1.165) is 28.4 Å². The molecule has 10 heteroatoms. The van der Waals surface area contributed by atoms with Crippen molar-refractivity contribution in [3.05, 3.63) is 120 Å². The summed E-state index contributed by atoms with van der Waals surface area (Å²) in [5.41, 5.74) is 4.48. The molecular weight excluding hydrogens is 558 g/mol. The average molecular weight is 588 g/mol. The molecule has 0 saturated carbocycles. The van der Waals surface area contributed by atoms with Crippen molar-refractivity contribution in [1.29, 1.82) is 0 Å². The zero-order valence-electron chi connectivity index (χ0n) is 22.3. The van der Waals surface area contributed by atoms with Crippen LogP contribution in [0.5, 0.6) is 11.5 Å². The Labute approximate surface area is 244 Å². The number of benzene rings is 4. The molecule has 1 aliphatic heterocycles. The molecular formula is C31H29N3O5S2. The van der Waals surface area contributed by atoms with Gasteiger partial charge in [0.25, 0.3) is 15.9 Å². The molecule has 1 amide bonds. The highest BCUT2D eigenvalue weighted by Gasteiger charge is 2.28. The average Bonchev–Trinajstić information content (AvgIpc) is 2.99. The molecule has 41 heavy (non-hydrogen) atoms. The number of carbonyl (C=O) groups excluding carboxylic acids is 1. The number of para-hydroxylation sites is 1. The van der Waals surface area contributed by atoms with Crippen molar-refractivity contribution in [3.63, 3.8) is 0 Å². The maximum atomic E-state index is 13.9. The second kappa shape index (κ2) is 12.9. The number of carbonyl (C=O) groups is 1. The molecule has 1 aliphatic rings. The second-order valence-electron chi connectivity index (χ2n) is 9.24. The summed E-state index contributed by atoms with van der Waals surface area (Å²) in [4.78, 5) is 13.4. The molecule has 5 rings (SSSR count). The van der Waals surface area contributed by atoms with Gasteiger partial charge in [-0.05, 0) is 71.8 Å². The van der Waals surface area contributed by atoms with E-state index in [4.69, 9.17) is 9.47 Å². The third-order valence-corrected chi connectivity index (χ3v) is 9.39. The SMILES string of the molecule is COc1ccc(S(=O)(=O)N(Cc2ccccc2)c2ccccc2C(=O)N/N=C\c2ccc(OC3CSC3)cc2)cc1. The van der Waals surface area contributed by atoms with Crippen molar-refractivity contribution >= 4 is 39.6 Å². The number of sulfonamides is 1. The summed E-state index contributed by atoms with van der Waals surface area (Å²) in [5, 5.41) is 4.11. The third-order valence-electron chi connectivity index (χ3n) is 6.40. The Hall–Kier alpha value is -4.28. The van der Waals surface area contributed by atoms with Crippen LogP contribution in [-0.2, 0) is 16.6 Å². The molecule has 1 N–H and O–H groups in total. The summed E-state index contributed by atoms with van der Waals surface area (Å²) >= 11 is 1.86. The Kier molecular flexibility index (Phi) is 8.91. The Morgan fingerprint density at radius 2 is 1.59 bits per heavy atom. The lowest BCUT2D eigenvalue weighted by Gasteiger charge is -2.26. The predicted molar refractivity (Wildman–Crippen MR) is 162 cm³/mol. The van der Waals surface area contributed by atoms with E-state index in [2.05, 4.69) is 10.5 Å². The van der Waals surface area contributed by atoms with E-state index in [1.165, 1.54) is 29.8 Å². The number of hydrazone groups is 1. The van der Waals surface area contributed by atoms with Gasteiger partial charge in [-0.15, -0.1) is 0 Å². The number of hydrogen-bond acceptors (Lipinski definition) is 7. The quantitative estimate of drug-likeness (QED) is 0.188. The van der Waals surface area contributed by atoms with Crippen LogP contribution >= 0.6 is 11.8 Å². The first-order chi connectivity index (χ1) is 19.9. The van der Waals surface area contributed by atoms with Crippen molar-refractivity contribution in [2.75, 3.05) is 22.9 Å². The summed E-state index contributed by atoms with van der Waals surface area (Å²) in [7, 11) is -2.55. The van der Waals surface area contributed by atoms with Gasteiger partial charge in [0.1, 0.15) is 17.6 Å². The van der Waals surface area contributed by atoms with E-state index in [0.29, 0.717) is 5.75 Å². The fourth-order valence-electron chi connectivity index (χ4n) is 4.14. The minimum Gasteiger partial charge on any atom is -0.497 e. The molecule has 210 valence electrons. The Morgan fingerprint density at radius 3 is 2.24 bits per heavy atom. The number of nitrogens with zero attached hydrogens (tertiary/aromatic N) is 2. The summed E-state index contributed by atoms with van der Waals surface area (Å²) in [5.74, 6) is 2.79. The molecule has 0 aromatic heterocycles. The fraction of sp³-hybridized carbons (Fsp3) is 0.161. The minimum atomic E-state index is -4.06. The predicted octanol–water partition coefficient (Wildman–Crippen LogP) is 5.35. The van der Waals surface area contributed by atoms with Crippen molar-refractivity contribution < 1.29 is 22.7 Å². The molecule has 0 unspecified atom stereocenters. The van der Waals surface area contributed by atoms with Gasteiger partial charge in [0, 0.05) is 11.5 Å². The maximum Gasteiger partial charge on any atom is 0.273 e. The van der Waals surface area contributed by atoms with Crippen LogP contribution in [0.15, 0.2) is 113 Å². The summed E-state index contributed by atoms with van der Waals surface area (Å²) in [6, 6.07) is 29.4. The number of methoxy groups -OCH3 is 1. The summed E-state index contributed by atoms with van der Waals surface area (Å²) in [6.45, 7) is 0.0245. The molecule has 0 aliphatic carbocycles. The first kappa shape index (κ1) is 28.3. The lowest BCUT2D eigenvalue weighted by atomic mass is 10.1. The van der Waals surface area contributed by atoms with E-state index < -0.39 is 15.9 Å². The van der Waals surface area contributed by atoms with Crippen molar-refractivity contribution in [3.8, 4) is 11.5 Å². The number of rotatable bonds is 11. The number of hydrogen-bond donors (Lipinski definition) is 1. The highest BCUT2D eigenvalue weighted by molar-refractivity contribution is 8.00. The van der Waals surface area contributed by atoms with Crippen LogP contribution in [0.1, 0.15) is 21.5 Å². The topological polar surface area (TPSA) is 97.3 Å². The number of thioether (sulfide) groups is 1. The zero-order chi connectivity index (χ0) is 28.7. The minimum absolute atomic E-state index is 0.0245. The van der Waals surface area contributed by atoms with E-state index in [-0.39, 0.29) is 28.8 Å². The van der Waals surface area contributed by atoms with E-state index in [9.17, 15) is 13.2 Å². The van der Waals surface area contributed by atoms with E-state index in [1.54, 1.807) is 36.4 Å².